The van der Waals surface area contributed by atoms with E-state index in [9.17, 15) is 13.6 Å². The molecule has 1 aliphatic heterocycles. The summed E-state index contributed by atoms with van der Waals surface area (Å²) in [5.74, 6) is 0.252. The van der Waals surface area contributed by atoms with Gasteiger partial charge in [0.1, 0.15) is 5.69 Å². The van der Waals surface area contributed by atoms with E-state index >= 15 is 0 Å². The first kappa shape index (κ1) is 25.2. The van der Waals surface area contributed by atoms with Crippen molar-refractivity contribution in [3.05, 3.63) is 95.4 Å². The maximum Gasteiger partial charge on any atom is 0.350 e. The van der Waals surface area contributed by atoms with Gasteiger partial charge in [-0.1, -0.05) is 41.2 Å². The van der Waals surface area contributed by atoms with Gasteiger partial charge in [-0.05, 0) is 35.0 Å². The maximum atomic E-state index is 13.4. The Morgan fingerprint density at radius 1 is 1.02 bits per heavy atom. The Kier molecular flexibility index (Phi) is 6.67. The smallest absolute Gasteiger partial charge is 0.350 e. The summed E-state index contributed by atoms with van der Waals surface area (Å²) >= 11 is 0. The fourth-order valence-electron chi connectivity index (χ4n) is 4.72. The van der Waals surface area contributed by atoms with Gasteiger partial charge in [-0.2, -0.15) is 8.78 Å². The van der Waals surface area contributed by atoms with Crippen molar-refractivity contribution < 1.29 is 18.0 Å². The number of hydrogen-bond donors (Lipinski definition) is 0. The number of alkyl halides is 2. The summed E-state index contributed by atoms with van der Waals surface area (Å²) in [4.78, 5) is 29.6. The number of amides is 1. The van der Waals surface area contributed by atoms with Crippen LogP contribution in [0.5, 0.6) is 0 Å². The molecule has 3 aromatic heterocycles. The zero-order chi connectivity index (χ0) is 27.6. The standard InChI is InChI=1S/C27H21F2N9O2/c1-30-19-7-8-22-20(16-19)32-25(40-22)18-9-10-31-21(15-18)26(39)37-13-11-36(12-14-37)23(17-5-3-2-4-6-17)24-33-35-38(34-24)27(28)29/h2-10,15-16,23,27H,11-14H2. The van der Waals surface area contributed by atoms with Crippen LogP contribution in [0, 0.1) is 6.57 Å². The second kappa shape index (κ2) is 10.6. The SMILES string of the molecule is [C-]#[N+]c1ccc2oc(-c3ccnc(C(=O)N4CCN(C(c5ccccc5)c5nnn(C(F)F)n5)CC4)c3)nc2c1. The van der Waals surface area contributed by atoms with E-state index < -0.39 is 12.6 Å². The van der Waals surface area contributed by atoms with Crippen molar-refractivity contribution in [2.45, 2.75) is 12.6 Å². The van der Waals surface area contributed by atoms with Crippen LogP contribution in [-0.4, -0.2) is 72.1 Å². The van der Waals surface area contributed by atoms with E-state index in [0.717, 1.165) is 5.56 Å². The highest BCUT2D eigenvalue weighted by molar-refractivity contribution is 5.93. The zero-order valence-corrected chi connectivity index (χ0v) is 20.9. The van der Waals surface area contributed by atoms with Crippen LogP contribution in [0.3, 0.4) is 0 Å². The quantitative estimate of drug-likeness (QED) is 0.292. The largest absolute Gasteiger partial charge is 0.436 e. The molecule has 1 fully saturated rings. The van der Waals surface area contributed by atoms with Gasteiger partial charge in [0, 0.05) is 37.9 Å². The molecule has 0 N–H and O–H groups in total. The Labute approximate surface area is 226 Å². The minimum Gasteiger partial charge on any atom is -0.436 e. The molecule has 5 aromatic rings. The normalized spacial score (nSPS) is 14.9. The fraction of sp³-hybridized carbons (Fsp3) is 0.222. The molecule has 200 valence electrons. The van der Waals surface area contributed by atoms with Crippen LogP contribution in [0.2, 0.25) is 0 Å². The van der Waals surface area contributed by atoms with Crippen LogP contribution in [-0.2, 0) is 0 Å². The number of nitrogens with zero attached hydrogens (tertiary/aromatic N) is 9. The number of hydrogen-bond acceptors (Lipinski definition) is 8. The van der Waals surface area contributed by atoms with Gasteiger partial charge in [0.25, 0.3) is 5.91 Å². The summed E-state index contributed by atoms with van der Waals surface area (Å²) in [5.41, 5.74) is 3.24. The lowest BCUT2D eigenvalue weighted by Crippen LogP contribution is -2.50. The Morgan fingerprint density at radius 2 is 1.82 bits per heavy atom. The lowest BCUT2D eigenvalue weighted by atomic mass is 10.0. The third-order valence-corrected chi connectivity index (χ3v) is 6.67. The maximum absolute atomic E-state index is 13.4. The monoisotopic (exact) mass is 541 g/mol. The second-order valence-electron chi connectivity index (χ2n) is 9.10. The van der Waals surface area contributed by atoms with Crippen molar-refractivity contribution in [2.75, 3.05) is 26.2 Å². The molecule has 1 amide bonds. The summed E-state index contributed by atoms with van der Waals surface area (Å²) in [7, 11) is 0. The number of halogens is 2. The van der Waals surface area contributed by atoms with Gasteiger partial charge in [0.15, 0.2) is 17.1 Å². The minimum absolute atomic E-state index is 0.169. The molecular weight excluding hydrogens is 520 g/mol. The first-order valence-corrected chi connectivity index (χ1v) is 12.4. The number of oxazole rings is 1. The lowest BCUT2D eigenvalue weighted by molar-refractivity contribution is 0.0385. The van der Waals surface area contributed by atoms with E-state index in [-0.39, 0.29) is 17.4 Å². The number of fused-ring (bicyclic) bond motifs is 1. The van der Waals surface area contributed by atoms with Crippen LogP contribution >= 0.6 is 0 Å². The summed E-state index contributed by atoms with van der Waals surface area (Å²) in [5, 5.41) is 11.3. The summed E-state index contributed by atoms with van der Waals surface area (Å²) in [6.45, 7) is 5.99. The highest BCUT2D eigenvalue weighted by Gasteiger charge is 2.32. The highest BCUT2D eigenvalue weighted by Crippen LogP contribution is 2.29. The van der Waals surface area contributed by atoms with E-state index in [1.807, 2.05) is 35.2 Å². The predicted molar refractivity (Wildman–Crippen MR) is 138 cm³/mol. The van der Waals surface area contributed by atoms with E-state index in [1.165, 1.54) is 6.20 Å². The van der Waals surface area contributed by atoms with Crippen molar-refractivity contribution in [2.24, 2.45) is 0 Å². The molecule has 2 aromatic carbocycles. The number of piperazine rings is 1. The molecule has 1 saturated heterocycles. The van der Waals surface area contributed by atoms with Crippen LogP contribution in [0.1, 0.15) is 34.5 Å². The predicted octanol–water partition coefficient (Wildman–Crippen LogP) is 4.37. The van der Waals surface area contributed by atoms with E-state index in [1.54, 1.807) is 35.2 Å². The van der Waals surface area contributed by atoms with Gasteiger partial charge in [-0.25, -0.2) is 9.83 Å². The molecule has 0 saturated carbocycles. The van der Waals surface area contributed by atoms with Crippen molar-refractivity contribution in [1.82, 2.24) is 40.0 Å². The molecule has 6 rings (SSSR count). The lowest BCUT2D eigenvalue weighted by Gasteiger charge is -2.38. The number of benzene rings is 2. The van der Waals surface area contributed by atoms with Crippen molar-refractivity contribution in [3.8, 4) is 11.5 Å². The molecule has 11 nitrogen and oxygen atoms in total. The van der Waals surface area contributed by atoms with Gasteiger partial charge in [-0.15, -0.1) is 10.2 Å². The molecule has 40 heavy (non-hydrogen) atoms. The zero-order valence-electron chi connectivity index (χ0n) is 20.9. The Bertz CT molecular complexity index is 1710. The average molecular weight is 542 g/mol. The molecule has 0 spiro atoms. The molecule has 1 unspecified atom stereocenters. The summed E-state index contributed by atoms with van der Waals surface area (Å²) < 4.78 is 32.1. The number of aromatic nitrogens is 6. The molecule has 0 bridgehead atoms. The highest BCUT2D eigenvalue weighted by atomic mass is 19.3. The van der Waals surface area contributed by atoms with Crippen molar-refractivity contribution in [1.29, 1.82) is 0 Å². The first-order valence-electron chi connectivity index (χ1n) is 12.4. The second-order valence-corrected chi connectivity index (χ2v) is 9.10. The van der Waals surface area contributed by atoms with Crippen LogP contribution in [0.4, 0.5) is 14.5 Å². The first-order chi connectivity index (χ1) is 19.5. The average Bonchev–Trinajstić information content (AvgIpc) is 3.66. The number of carbonyl (C=O) groups is 1. The molecule has 0 aliphatic carbocycles. The Morgan fingerprint density at radius 3 is 2.55 bits per heavy atom. The van der Waals surface area contributed by atoms with E-state index in [0.29, 0.717) is 59.2 Å². The third kappa shape index (κ3) is 4.87. The van der Waals surface area contributed by atoms with Crippen LogP contribution in [0.15, 0.2) is 71.3 Å². The molecular formula is C27H21F2N9O2. The minimum atomic E-state index is -2.89. The van der Waals surface area contributed by atoms with Crippen LogP contribution in [0.25, 0.3) is 27.4 Å². The van der Waals surface area contributed by atoms with E-state index in [2.05, 4.69) is 30.2 Å². The molecule has 1 aliphatic rings. The van der Waals surface area contributed by atoms with Gasteiger partial charge in [0.05, 0.1) is 18.1 Å². The van der Waals surface area contributed by atoms with Gasteiger partial charge < -0.3 is 9.32 Å². The van der Waals surface area contributed by atoms with Crippen molar-refractivity contribution in [3.63, 3.8) is 0 Å². The molecule has 13 heteroatoms. The Balaban J connectivity index is 1.19. The molecule has 0 radical (unpaired) electrons. The van der Waals surface area contributed by atoms with Gasteiger partial charge in [0.2, 0.25) is 5.89 Å². The fourth-order valence-corrected chi connectivity index (χ4v) is 4.72. The van der Waals surface area contributed by atoms with E-state index in [4.69, 9.17) is 11.0 Å². The Hall–Kier alpha value is -5.09. The van der Waals surface area contributed by atoms with Crippen LogP contribution < -0.4 is 0 Å². The third-order valence-electron chi connectivity index (χ3n) is 6.67. The number of rotatable bonds is 6. The van der Waals surface area contributed by atoms with Gasteiger partial charge in [-0.3, -0.25) is 14.7 Å². The topological polar surface area (TPSA) is 110 Å². The van der Waals surface area contributed by atoms with Crippen molar-refractivity contribution >= 4 is 22.7 Å². The number of tetrazole rings is 1. The molecule has 4 heterocycles. The number of pyridine rings is 1. The van der Waals surface area contributed by atoms with Gasteiger partial charge >= 0.3 is 6.55 Å². The molecule has 1 atom stereocenters. The number of carbonyl (C=O) groups excluding carboxylic acids is 1. The summed E-state index contributed by atoms with van der Waals surface area (Å²) in [6, 6.07) is 17.2. The summed E-state index contributed by atoms with van der Waals surface area (Å²) in [6.07, 6.45) is 1.53.